The van der Waals surface area contributed by atoms with E-state index in [2.05, 4.69) is 4.98 Å². The standard InChI is InChI=1S/C25H29N3O4S2/c1-18-8-7-9-24(19(18)2)28(20(3)29)25-26-21(17-33-25)16-32-22-10-12-23(13-11-22)34(30,31)27-14-5-4-6-15-27/h7-13,17H,4-6,14-16H2,1-3H3. The highest BCUT2D eigenvalue weighted by atomic mass is 32.2. The molecule has 1 aromatic heterocycles. The van der Waals surface area contributed by atoms with Gasteiger partial charge in [-0.25, -0.2) is 13.4 Å². The van der Waals surface area contributed by atoms with Crippen LogP contribution in [0.1, 0.15) is 43.0 Å². The Morgan fingerprint density at radius 1 is 1.09 bits per heavy atom. The minimum Gasteiger partial charge on any atom is -0.487 e. The summed E-state index contributed by atoms with van der Waals surface area (Å²) in [4.78, 5) is 18.9. The van der Waals surface area contributed by atoms with Crippen molar-refractivity contribution in [3.05, 3.63) is 64.7 Å². The van der Waals surface area contributed by atoms with Crippen LogP contribution >= 0.6 is 11.3 Å². The Morgan fingerprint density at radius 3 is 2.47 bits per heavy atom. The Bertz CT molecular complexity index is 1260. The molecule has 1 saturated heterocycles. The lowest BCUT2D eigenvalue weighted by molar-refractivity contribution is -0.115. The summed E-state index contributed by atoms with van der Waals surface area (Å²) in [6.07, 6.45) is 2.88. The number of piperidine rings is 1. The largest absolute Gasteiger partial charge is 0.487 e. The Morgan fingerprint density at radius 2 is 1.79 bits per heavy atom. The molecule has 1 aliphatic heterocycles. The van der Waals surface area contributed by atoms with Crippen LogP contribution in [0.25, 0.3) is 0 Å². The van der Waals surface area contributed by atoms with Crippen molar-refractivity contribution in [3.8, 4) is 5.75 Å². The van der Waals surface area contributed by atoms with Crippen molar-refractivity contribution in [1.82, 2.24) is 9.29 Å². The van der Waals surface area contributed by atoms with Gasteiger partial charge in [0.2, 0.25) is 15.9 Å². The number of hydrogen-bond donors (Lipinski definition) is 0. The number of rotatable bonds is 7. The summed E-state index contributed by atoms with van der Waals surface area (Å²) in [6.45, 7) is 6.90. The lowest BCUT2D eigenvalue weighted by atomic mass is 10.1. The van der Waals surface area contributed by atoms with Crippen molar-refractivity contribution in [2.45, 2.75) is 51.5 Å². The molecule has 0 spiro atoms. The summed E-state index contributed by atoms with van der Waals surface area (Å²) in [5, 5.41) is 2.45. The van der Waals surface area contributed by atoms with E-state index in [9.17, 15) is 13.2 Å². The maximum Gasteiger partial charge on any atom is 0.243 e. The quantitative estimate of drug-likeness (QED) is 0.447. The zero-order valence-corrected chi connectivity index (χ0v) is 21.3. The molecular formula is C25H29N3O4S2. The number of hydrogen-bond acceptors (Lipinski definition) is 6. The van der Waals surface area contributed by atoms with Gasteiger partial charge in [0.15, 0.2) is 5.13 Å². The highest BCUT2D eigenvalue weighted by molar-refractivity contribution is 7.89. The molecule has 0 N–H and O–H groups in total. The van der Waals surface area contributed by atoms with E-state index in [0.717, 1.165) is 36.1 Å². The normalized spacial score (nSPS) is 14.7. The average Bonchev–Trinajstić information content (AvgIpc) is 3.29. The second-order valence-corrected chi connectivity index (χ2v) is 11.2. The van der Waals surface area contributed by atoms with Crippen LogP contribution in [0, 0.1) is 13.8 Å². The van der Waals surface area contributed by atoms with Gasteiger partial charge < -0.3 is 4.74 Å². The van der Waals surface area contributed by atoms with Crippen molar-refractivity contribution in [1.29, 1.82) is 0 Å². The first-order valence-electron chi connectivity index (χ1n) is 11.3. The topological polar surface area (TPSA) is 79.8 Å². The Labute approximate surface area is 205 Å². The smallest absolute Gasteiger partial charge is 0.243 e. The maximum absolute atomic E-state index is 12.8. The summed E-state index contributed by atoms with van der Waals surface area (Å²) < 4.78 is 33.0. The van der Waals surface area contributed by atoms with Crippen molar-refractivity contribution in [3.63, 3.8) is 0 Å². The van der Waals surface area contributed by atoms with Crippen LogP contribution in [0.4, 0.5) is 10.8 Å². The fourth-order valence-corrected chi connectivity index (χ4v) is 6.35. The molecule has 1 amide bonds. The van der Waals surface area contributed by atoms with Gasteiger partial charge in [-0.2, -0.15) is 4.31 Å². The highest BCUT2D eigenvalue weighted by Gasteiger charge is 2.26. The van der Waals surface area contributed by atoms with Crippen molar-refractivity contribution in [2.24, 2.45) is 0 Å². The number of aromatic nitrogens is 1. The molecule has 180 valence electrons. The van der Waals surface area contributed by atoms with Gasteiger partial charge in [-0.05, 0) is 68.1 Å². The number of amides is 1. The Kier molecular flexibility index (Phi) is 7.35. The lowest BCUT2D eigenvalue weighted by Crippen LogP contribution is -2.35. The minimum absolute atomic E-state index is 0.110. The number of carbonyl (C=O) groups is 1. The van der Waals surface area contributed by atoms with E-state index in [1.165, 1.54) is 18.3 Å². The number of nitrogens with zero attached hydrogens (tertiary/aromatic N) is 3. The lowest BCUT2D eigenvalue weighted by Gasteiger charge is -2.25. The summed E-state index contributed by atoms with van der Waals surface area (Å²) in [5.41, 5.74) is 3.65. The highest BCUT2D eigenvalue weighted by Crippen LogP contribution is 2.32. The van der Waals surface area contributed by atoms with Crippen LogP contribution in [0.2, 0.25) is 0 Å². The SMILES string of the molecule is CC(=O)N(c1nc(COc2ccc(S(=O)(=O)N3CCCCC3)cc2)cs1)c1cccc(C)c1C. The molecule has 2 heterocycles. The summed E-state index contributed by atoms with van der Waals surface area (Å²) in [6, 6.07) is 12.4. The average molecular weight is 500 g/mol. The van der Waals surface area contributed by atoms with Crippen LogP contribution in [0.5, 0.6) is 5.75 Å². The molecule has 0 radical (unpaired) electrons. The van der Waals surface area contributed by atoms with Crippen molar-refractivity contribution < 1.29 is 17.9 Å². The molecular weight excluding hydrogens is 470 g/mol. The number of aryl methyl sites for hydroxylation is 1. The molecule has 0 bridgehead atoms. The molecule has 9 heteroatoms. The summed E-state index contributed by atoms with van der Waals surface area (Å²) >= 11 is 1.38. The van der Waals surface area contributed by atoms with E-state index in [-0.39, 0.29) is 17.4 Å². The van der Waals surface area contributed by atoms with Gasteiger partial charge >= 0.3 is 0 Å². The molecule has 0 saturated carbocycles. The molecule has 2 aromatic carbocycles. The van der Waals surface area contributed by atoms with Crippen LogP contribution in [0.15, 0.2) is 52.7 Å². The molecule has 0 unspecified atom stereocenters. The number of carbonyl (C=O) groups excluding carboxylic acids is 1. The first-order chi connectivity index (χ1) is 16.3. The molecule has 1 aliphatic rings. The molecule has 3 aromatic rings. The second kappa shape index (κ2) is 10.2. The number of sulfonamides is 1. The molecule has 7 nitrogen and oxygen atoms in total. The predicted molar refractivity (Wildman–Crippen MR) is 134 cm³/mol. The third-order valence-corrected chi connectivity index (χ3v) is 8.81. The van der Waals surface area contributed by atoms with Crippen molar-refractivity contribution >= 4 is 38.1 Å². The fourth-order valence-electron chi connectivity index (χ4n) is 3.97. The maximum atomic E-state index is 12.8. The molecule has 34 heavy (non-hydrogen) atoms. The van der Waals surface area contributed by atoms with Gasteiger partial charge in [0.1, 0.15) is 12.4 Å². The third-order valence-electron chi connectivity index (χ3n) is 6.03. The zero-order valence-electron chi connectivity index (χ0n) is 19.7. The Hall–Kier alpha value is -2.75. The van der Waals surface area contributed by atoms with Crippen LogP contribution < -0.4 is 9.64 Å². The van der Waals surface area contributed by atoms with Crippen molar-refractivity contribution in [2.75, 3.05) is 18.0 Å². The van der Waals surface area contributed by atoms with Gasteiger partial charge in [0, 0.05) is 25.4 Å². The van der Waals surface area contributed by atoms with E-state index >= 15 is 0 Å². The van der Waals surface area contributed by atoms with Crippen LogP contribution in [-0.2, 0) is 21.4 Å². The number of benzene rings is 2. The van der Waals surface area contributed by atoms with E-state index in [4.69, 9.17) is 4.74 Å². The van der Waals surface area contributed by atoms with Gasteiger partial charge in [-0.3, -0.25) is 9.69 Å². The van der Waals surface area contributed by atoms with E-state index in [0.29, 0.717) is 29.7 Å². The van der Waals surface area contributed by atoms with Gasteiger partial charge in [-0.1, -0.05) is 18.6 Å². The second-order valence-electron chi connectivity index (χ2n) is 8.42. The number of anilines is 2. The van der Waals surface area contributed by atoms with E-state index in [1.807, 2.05) is 37.4 Å². The van der Waals surface area contributed by atoms with Crippen LogP contribution in [-0.4, -0.2) is 36.7 Å². The molecule has 0 atom stereocenters. The van der Waals surface area contributed by atoms with Crippen LogP contribution in [0.3, 0.4) is 0 Å². The van der Waals surface area contributed by atoms with E-state index in [1.54, 1.807) is 33.5 Å². The molecule has 4 rings (SSSR count). The van der Waals surface area contributed by atoms with E-state index < -0.39 is 10.0 Å². The molecule has 0 aliphatic carbocycles. The molecule has 1 fully saturated rings. The predicted octanol–water partition coefficient (Wildman–Crippen LogP) is 5.20. The third kappa shape index (κ3) is 5.16. The van der Waals surface area contributed by atoms with Gasteiger partial charge in [-0.15, -0.1) is 11.3 Å². The number of ether oxygens (including phenoxy) is 1. The first-order valence-corrected chi connectivity index (χ1v) is 13.6. The van der Waals surface area contributed by atoms with Gasteiger partial charge in [0.25, 0.3) is 0 Å². The summed E-state index contributed by atoms with van der Waals surface area (Å²) in [7, 11) is -3.46. The fraction of sp³-hybridized carbons (Fsp3) is 0.360. The Balaban J connectivity index is 1.44. The van der Waals surface area contributed by atoms with Gasteiger partial charge in [0.05, 0.1) is 16.3 Å². The number of thiazole rings is 1. The monoisotopic (exact) mass is 499 g/mol. The summed E-state index contributed by atoms with van der Waals surface area (Å²) in [5.74, 6) is 0.450. The first kappa shape index (κ1) is 24.4. The minimum atomic E-state index is -3.46. The zero-order chi connectivity index (χ0) is 24.3.